The number of carbonyl (C=O) groups is 3. The van der Waals surface area contributed by atoms with E-state index in [9.17, 15) is 50.0 Å². The molecule has 0 radical (unpaired) electrons. The maximum atomic E-state index is 13.5. The van der Waals surface area contributed by atoms with E-state index in [0.29, 0.717) is 0 Å². The summed E-state index contributed by atoms with van der Waals surface area (Å²) in [5, 5.41) is 66.1. The van der Waals surface area contributed by atoms with E-state index in [-0.39, 0.29) is 0 Å². The Balaban J connectivity index is 2.01. The highest BCUT2D eigenvalue weighted by Crippen LogP contribution is 2.60. The molecular formula is C20H20ClN3O10. The smallest absolute Gasteiger partial charge is 0.297 e. The summed E-state index contributed by atoms with van der Waals surface area (Å²) in [6.07, 6.45) is -3.18. The van der Waals surface area contributed by atoms with Gasteiger partial charge in [-0.2, -0.15) is 0 Å². The molecule has 1 amide bonds. The van der Waals surface area contributed by atoms with Crippen LogP contribution in [0.1, 0.15) is 35.7 Å². The van der Waals surface area contributed by atoms with Gasteiger partial charge in [-0.15, -0.1) is 0 Å². The number of nitrogen functional groups attached to an aromatic ring is 1. The second kappa shape index (κ2) is 7.12. The monoisotopic (exact) mass is 497 g/mol. The molecule has 3 aliphatic carbocycles. The van der Waals surface area contributed by atoms with Crippen LogP contribution in [0.2, 0.25) is 5.02 Å². The number of ketones is 2. The van der Waals surface area contributed by atoms with Crippen LogP contribution >= 0.6 is 11.6 Å². The summed E-state index contributed by atoms with van der Waals surface area (Å²) in [6.45, 7) is 1.10. The van der Waals surface area contributed by atoms with Crippen LogP contribution in [-0.4, -0.2) is 59.6 Å². The lowest BCUT2D eigenvalue weighted by Gasteiger charge is -2.55. The minimum atomic E-state index is -2.68. The van der Waals surface area contributed by atoms with Crippen LogP contribution in [0.3, 0.4) is 0 Å². The van der Waals surface area contributed by atoms with Crippen molar-refractivity contribution in [2.45, 2.75) is 37.1 Å². The van der Waals surface area contributed by atoms with Crippen molar-refractivity contribution < 1.29 is 44.8 Å². The number of phenolic OH excluding ortho intramolecular Hbond substituents is 1. The number of anilines is 1. The molecule has 182 valence electrons. The zero-order chi connectivity index (χ0) is 25.7. The molecule has 14 heteroatoms. The lowest BCUT2D eigenvalue weighted by atomic mass is 9.51. The van der Waals surface area contributed by atoms with Crippen LogP contribution in [0.5, 0.6) is 5.75 Å². The lowest BCUT2D eigenvalue weighted by molar-refractivity contribution is -0.387. The largest absolute Gasteiger partial charge is 0.508 e. The summed E-state index contributed by atoms with van der Waals surface area (Å²) in [6, 6.07) is 0. The maximum absolute atomic E-state index is 13.5. The fourth-order valence-corrected chi connectivity index (χ4v) is 5.98. The van der Waals surface area contributed by atoms with Gasteiger partial charge >= 0.3 is 0 Å². The Morgan fingerprint density at radius 2 is 1.85 bits per heavy atom. The molecule has 0 bridgehead atoms. The summed E-state index contributed by atoms with van der Waals surface area (Å²) in [4.78, 5) is 48.4. The third-order valence-electron chi connectivity index (χ3n) is 7.34. The van der Waals surface area contributed by atoms with Crippen molar-refractivity contribution in [3.63, 3.8) is 0 Å². The molecule has 0 aromatic heterocycles. The molecule has 9 N–H and O–H groups in total. The number of primary amides is 1. The van der Waals surface area contributed by atoms with Crippen molar-refractivity contribution in [2.24, 2.45) is 23.5 Å². The summed E-state index contributed by atoms with van der Waals surface area (Å²) >= 11 is 5.96. The summed E-state index contributed by atoms with van der Waals surface area (Å²) in [5.41, 5.74) is 1.86. The van der Waals surface area contributed by atoms with Gasteiger partial charge in [-0.05, 0) is 13.3 Å². The second-order valence-corrected chi connectivity index (χ2v) is 9.37. The number of hydrogen-bond donors (Lipinski definition) is 7. The number of nitrogens with two attached hydrogens (primary N) is 2. The molecule has 0 spiro atoms. The number of fused-ring (bicyclic) bond motifs is 3. The molecule has 1 fully saturated rings. The Labute approximate surface area is 195 Å². The van der Waals surface area contributed by atoms with Crippen LogP contribution in [0.4, 0.5) is 11.4 Å². The molecule has 1 saturated carbocycles. The molecule has 0 saturated heterocycles. The van der Waals surface area contributed by atoms with Gasteiger partial charge in [0, 0.05) is 18.3 Å². The molecule has 34 heavy (non-hydrogen) atoms. The van der Waals surface area contributed by atoms with Crippen LogP contribution < -0.4 is 11.5 Å². The van der Waals surface area contributed by atoms with Gasteiger partial charge in [0.2, 0.25) is 0 Å². The Bertz CT molecular complexity index is 1240. The third kappa shape index (κ3) is 2.69. The van der Waals surface area contributed by atoms with Gasteiger partial charge in [-0.25, -0.2) is 0 Å². The third-order valence-corrected chi connectivity index (χ3v) is 7.72. The van der Waals surface area contributed by atoms with E-state index >= 15 is 0 Å². The number of rotatable bonds is 2. The number of carbonyl (C=O) groups excluding carboxylic acids is 3. The zero-order valence-electron chi connectivity index (χ0n) is 17.5. The van der Waals surface area contributed by atoms with Gasteiger partial charge in [-0.1, -0.05) is 11.6 Å². The molecule has 13 nitrogen and oxygen atoms in total. The molecule has 4 rings (SSSR count). The number of aliphatic hydroxyl groups is 4. The zero-order valence-corrected chi connectivity index (χ0v) is 18.2. The minimum absolute atomic E-state index is 0.391. The average Bonchev–Trinajstić information content (AvgIpc) is 2.72. The average molecular weight is 498 g/mol. The topological polar surface area (TPSA) is 248 Å². The molecule has 4 unspecified atom stereocenters. The molecule has 0 aliphatic heterocycles. The number of nitro groups is 1. The van der Waals surface area contributed by atoms with Crippen molar-refractivity contribution in [1.29, 1.82) is 0 Å². The van der Waals surface area contributed by atoms with Crippen LogP contribution in [0.15, 0.2) is 11.3 Å². The highest BCUT2D eigenvalue weighted by atomic mass is 35.5. The van der Waals surface area contributed by atoms with Crippen molar-refractivity contribution in [3.8, 4) is 5.75 Å². The first kappa shape index (κ1) is 23.9. The van der Waals surface area contributed by atoms with E-state index < -0.39 is 115 Å². The quantitative estimate of drug-likeness (QED) is 0.0905. The molecular weight excluding hydrogens is 478 g/mol. The summed E-state index contributed by atoms with van der Waals surface area (Å²) < 4.78 is 0. The van der Waals surface area contributed by atoms with Gasteiger partial charge in [-0.3, -0.25) is 24.5 Å². The summed E-state index contributed by atoms with van der Waals surface area (Å²) in [7, 11) is 0. The number of halogens is 1. The highest BCUT2D eigenvalue weighted by molar-refractivity contribution is 6.36. The first-order valence-corrected chi connectivity index (χ1v) is 10.4. The van der Waals surface area contributed by atoms with E-state index in [0.717, 1.165) is 6.92 Å². The number of nitrogens with zero attached hydrogens (tertiary/aromatic N) is 1. The van der Waals surface area contributed by atoms with Crippen molar-refractivity contribution in [2.75, 3.05) is 5.73 Å². The predicted octanol–water partition coefficient (Wildman–Crippen LogP) is -0.446. The fourth-order valence-electron chi connectivity index (χ4n) is 5.73. The first-order chi connectivity index (χ1) is 15.6. The van der Waals surface area contributed by atoms with E-state index in [2.05, 4.69) is 0 Å². The van der Waals surface area contributed by atoms with Crippen LogP contribution in [0.25, 0.3) is 0 Å². The SMILES string of the molecule is C[C@]1(O)c2c(c(O)c(N)c(Cl)c2[N+](=O)[O-])C(=O)C2C(O)[C@]3(O)C(O)=C(C(N)=O)C(=O)CC3CC21. The number of Topliss-reactive ketones (excluding diaryl/α,β-unsaturated/α-hetero) is 2. The van der Waals surface area contributed by atoms with Crippen molar-refractivity contribution in [1.82, 2.24) is 0 Å². The number of hydrogen-bond acceptors (Lipinski definition) is 11. The van der Waals surface area contributed by atoms with Crippen molar-refractivity contribution >= 4 is 40.4 Å². The molecule has 3 aliphatic rings. The minimum Gasteiger partial charge on any atom is -0.508 e. The van der Waals surface area contributed by atoms with Gasteiger partial charge in [0.15, 0.2) is 22.9 Å². The van der Waals surface area contributed by atoms with Crippen molar-refractivity contribution in [3.05, 3.63) is 37.6 Å². The van der Waals surface area contributed by atoms with Gasteiger partial charge in [0.25, 0.3) is 11.6 Å². The number of nitro benzene ring substituents is 1. The van der Waals surface area contributed by atoms with Gasteiger partial charge < -0.3 is 37.0 Å². The number of aromatic hydroxyl groups is 1. The normalized spacial score (nSPS) is 34.9. The highest BCUT2D eigenvalue weighted by Gasteiger charge is 2.67. The summed E-state index contributed by atoms with van der Waals surface area (Å²) in [5.74, 6) is -9.94. The van der Waals surface area contributed by atoms with E-state index in [1.54, 1.807) is 0 Å². The molecule has 1 aromatic carbocycles. The van der Waals surface area contributed by atoms with Gasteiger partial charge in [0.05, 0.1) is 27.6 Å². The van der Waals surface area contributed by atoms with E-state index in [1.807, 2.05) is 0 Å². The predicted molar refractivity (Wildman–Crippen MR) is 113 cm³/mol. The number of benzene rings is 1. The Kier molecular flexibility index (Phi) is 5.00. The Morgan fingerprint density at radius 3 is 2.38 bits per heavy atom. The number of phenols is 1. The lowest BCUT2D eigenvalue weighted by Crippen LogP contribution is -2.67. The van der Waals surface area contributed by atoms with Crippen LogP contribution in [0, 0.1) is 27.9 Å². The fraction of sp³-hybridized carbons (Fsp3) is 0.450. The molecule has 0 heterocycles. The molecule has 1 aromatic rings. The Hall–Kier alpha value is -3.26. The standard InChI is InChI=1S/C20H20ClN3O10/c1-19(31)5-2-4-3-6(25)8(18(23)30)17(29)20(4,32)16(28)7(5)14(26)9-10(19)13(24(33)34)11(21)12(22)15(9)27/h4-5,7,16,27-29,31-32H,2-3,22H2,1H3,(H2,23,30)/t4?,5?,7?,16?,19-,20+/m1/s1. The first-order valence-electron chi connectivity index (χ1n) is 10.0. The van der Waals surface area contributed by atoms with E-state index in [4.69, 9.17) is 23.1 Å². The second-order valence-electron chi connectivity index (χ2n) is 8.99. The van der Waals surface area contributed by atoms with E-state index in [1.165, 1.54) is 0 Å². The van der Waals surface area contributed by atoms with Gasteiger partial charge in [0.1, 0.15) is 28.1 Å². The number of amides is 1. The maximum Gasteiger partial charge on any atom is 0.297 e. The molecule has 6 atom stereocenters. The Morgan fingerprint density at radius 1 is 1.26 bits per heavy atom. The number of aliphatic hydroxyl groups excluding tert-OH is 2. The van der Waals surface area contributed by atoms with Crippen LogP contribution in [-0.2, 0) is 15.2 Å².